The molecule has 0 aromatic rings. The summed E-state index contributed by atoms with van der Waals surface area (Å²) in [4.78, 5) is 10.6. The van der Waals surface area contributed by atoms with Gasteiger partial charge in [-0.2, -0.15) is 0 Å². The van der Waals surface area contributed by atoms with Crippen molar-refractivity contribution < 1.29 is 9.90 Å². The van der Waals surface area contributed by atoms with Gasteiger partial charge in [-0.15, -0.1) is 0 Å². The number of carbonyl (C=O) groups is 1. The number of hydrogen-bond acceptors (Lipinski definition) is 3. The zero-order chi connectivity index (χ0) is 8.27. The summed E-state index contributed by atoms with van der Waals surface area (Å²) in [5.41, 5.74) is 3.03. The van der Waals surface area contributed by atoms with Gasteiger partial charge in [-0.25, -0.2) is 5.01 Å². The minimum Gasteiger partial charge on any atom is -0.480 e. The summed E-state index contributed by atoms with van der Waals surface area (Å²) in [6.45, 7) is 3.62. The van der Waals surface area contributed by atoms with E-state index in [4.69, 9.17) is 5.11 Å². The van der Waals surface area contributed by atoms with E-state index in [2.05, 4.69) is 5.43 Å². The number of hydrogen-bond donors (Lipinski definition) is 2. The molecule has 1 unspecified atom stereocenters. The zero-order valence-corrected chi connectivity index (χ0v) is 6.71. The van der Waals surface area contributed by atoms with Crippen LogP contribution in [-0.2, 0) is 4.79 Å². The Morgan fingerprint density at radius 2 is 2.55 bits per heavy atom. The molecular formula is C7H14N2O2. The molecule has 64 valence electrons. The largest absolute Gasteiger partial charge is 0.480 e. The molecule has 4 nitrogen and oxygen atoms in total. The van der Waals surface area contributed by atoms with Crippen LogP contribution in [0.15, 0.2) is 0 Å². The molecule has 0 aliphatic carbocycles. The molecule has 1 rings (SSSR count). The Bertz CT molecular complexity index is 149. The number of hydrazine groups is 1. The van der Waals surface area contributed by atoms with Gasteiger partial charge in [0.15, 0.2) is 0 Å². The fourth-order valence-corrected chi connectivity index (χ4v) is 1.42. The van der Waals surface area contributed by atoms with Crippen molar-refractivity contribution in [3.8, 4) is 0 Å². The Labute approximate surface area is 66.2 Å². The van der Waals surface area contributed by atoms with Gasteiger partial charge in [0.05, 0.1) is 0 Å². The highest BCUT2D eigenvalue weighted by molar-refractivity contribution is 5.73. The van der Waals surface area contributed by atoms with Crippen molar-refractivity contribution in [3.63, 3.8) is 0 Å². The molecule has 1 aliphatic heterocycles. The summed E-state index contributed by atoms with van der Waals surface area (Å²) in [5, 5.41) is 10.5. The monoisotopic (exact) mass is 158 g/mol. The van der Waals surface area contributed by atoms with Gasteiger partial charge in [0.1, 0.15) is 6.04 Å². The molecule has 0 aromatic carbocycles. The number of nitrogens with zero attached hydrogens (tertiary/aromatic N) is 1. The van der Waals surface area contributed by atoms with Crippen LogP contribution in [0.25, 0.3) is 0 Å². The summed E-state index contributed by atoms with van der Waals surface area (Å²) in [6, 6.07) is -0.310. The van der Waals surface area contributed by atoms with Gasteiger partial charge in [-0.3, -0.25) is 10.2 Å². The van der Waals surface area contributed by atoms with Gasteiger partial charge in [-0.1, -0.05) is 6.92 Å². The Hall–Kier alpha value is -0.610. The lowest BCUT2D eigenvalue weighted by Crippen LogP contribution is -2.45. The molecule has 1 fully saturated rings. The number of nitrogens with one attached hydrogen (secondary N) is 1. The molecule has 1 saturated heterocycles. The SMILES string of the molecule is CCNN1CCCC1C(=O)O. The zero-order valence-electron chi connectivity index (χ0n) is 6.71. The lowest BCUT2D eigenvalue weighted by atomic mass is 10.2. The van der Waals surface area contributed by atoms with E-state index in [-0.39, 0.29) is 6.04 Å². The Balaban J connectivity index is 2.44. The number of carboxylic acids is 1. The van der Waals surface area contributed by atoms with Crippen molar-refractivity contribution in [1.29, 1.82) is 0 Å². The van der Waals surface area contributed by atoms with E-state index < -0.39 is 5.97 Å². The number of carboxylic acid groups (broad SMARTS) is 1. The molecular weight excluding hydrogens is 144 g/mol. The second kappa shape index (κ2) is 3.69. The van der Waals surface area contributed by atoms with Crippen molar-refractivity contribution in [1.82, 2.24) is 10.4 Å². The molecule has 1 heterocycles. The first kappa shape index (κ1) is 8.49. The van der Waals surface area contributed by atoms with Crippen LogP contribution in [0, 0.1) is 0 Å². The van der Waals surface area contributed by atoms with E-state index >= 15 is 0 Å². The van der Waals surface area contributed by atoms with Crippen LogP contribution in [0.2, 0.25) is 0 Å². The minimum absolute atomic E-state index is 0.310. The fraction of sp³-hybridized carbons (Fsp3) is 0.857. The quantitative estimate of drug-likeness (QED) is 0.610. The minimum atomic E-state index is -0.719. The van der Waals surface area contributed by atoms with Crippen LogP contribution in [0.5, 0.6) is 0 Å². The lowest BCUT2D eigenvalue weighted by Gasteiger charge is -2.20. The first-order valence-electron chi connectivity index (χ1n) is 3.98. The van der Waals surface area contributed by atoms with Crippen molar-refractivity contribution in [2.75, 3.05) is 13.1 Å². The maximum atomic E-state index is 10.6. The highest BCUT2D eigenvalue weighted by Crippen LogP contribution is 2.14. The third-order valence-corrected chi connectivity index (χ3v) is 1.90. The van der Waals surface area contributed by atoms with Crippen LogP contribution < -0.4 is 5.43 Å². The van der Waals surface area contributed by atoms with Crippen molar-refractivity contribution in [2.24, 2.45) is 0 Å². The summed E-state index contributed by atoms with van der Waals surface area (Å²) in [5.74, 6) is -0.719. The van der Waals surface area contributed by atoms with E-state index in [1.54, 1.807) is 0 Å². The summed E-state index contributed by atoms with van der Waals surface area (Å²) < 4.78 is 0. The first-order chi connectivity index (χ1) is 5.25. The van der Waals surface area contributed by atoms with Crippen LogP contribution in [0.4, 0.5) is 0 Å². The van der Waals surface area contributed by atoms with E-state index in [9.17, 15) is 4.79 Å². The van der Waals surface area contributed by atoms with Gasteiger partial charge in [0.2, 0.25) is 0 Å². The second-order valence-corrected chi connectivity index (χ2v) is 2.70. The molecule has 0 bridgehead atoms. The van der Waals surface area contributed by atoms with Gasteiger partial charge in [0.25, 0.3) is 0 Å². The fourth-order valence-electron chi connectivity index (χ4n) is 1.42. The summed E-state index contributed by atoms with van der Waals surface area (Å²) >= 11 is 0. The number of aliphatic carboxylic acids is 1. The predicted octanol–water partition coefficient (Wildman–Crippen LogP) is 0.0599. The molecule has 0 saturated carbocycles. The van der Waals surface area contributed by atoms with Crippen molar-refractivity contribution in [2.45, 2.75) is 25.8 Å². The maximum absolute atomic E-state index is 10.6. The summed E-state index contributed by atoms with van der Waals surface area (Å²) in [7, 11) is 0. The third-order valence-electron chi connectivity index (χ3n) is 1.90. The highest BCUT2D eigenvalue weighted by Gasteiger charge is 2.29. The van der Waals surface area contributed by atoms with E-state index in [1.807, 2.05) is 11.9 Å². The van der Waals surface area contributed by atoms with Gasteiger partial charge >= 0.3 is 5.97 Å². The molecule has 1 atom stereocenters. The second-order valence-electron chi connectivity index (χ2n) is 2.70. The predicted molar refractivity (Wildman–Crippen MR) is 41.0 cm³/mol. The average Bonchev–Trinajstić information content (AvgIpc) is 2.36. The van der Waals surface area contributed by atoms with Crippen LogP contribution in [0.1, 0.15) is 19.8 Å². The van der Waals surface area contributed by atoms with E-state index in [0.29, 0.717) is 0 Å². The van der Waals surface area contributed by atoms with Gasteiger partial charge < -0.3 is 5.11 Å². The Morgan fingerprint density at radius 3 is 3.09 bits per heavy atom. The standard InChI is InChI=1S/C7H14N2O2/c1-2-8-9-5-3-4-6(9)7(10)11/h6,8H,2-5H2,1H3,(H,10,11). The molecule has 0 radical (unpaired) electrons. The molecule has 0 amide bonds. The Kier molecular flexibility index (Phi) is 2.84. The smallest absolute Gasteiger partial charge is 0.322 e. The molecule has 4 heteroatoms. The lowest BCUT2D eigenvalue weighted by molar-refractivity contribution is -0.143. The molecule has 2 N–H and O–H groups in total. The Morgan fingerprint density at radius 1 is 1.82 bits per heavy atom. The normalized spacial score (nSPS) is 25.7. The highest BCUT2D eigenvalue weighted by atomic mass is 16.4. The van der Waals surface area contributed by atoms with Crippen LogP contribution in [0.3, 0.4) is 0 Å². The van der Waals surface area contributed by atoms with Gasteiger partial charge in [0, 0.05) is 13.1 Å². The number of rotatable bonds is 3. The van der Waals surface area contributed by atoms with Crippen molar-refractivity contribution in [3.05, 3.63) is 0 Å². The molecule has 0 spiro atoms. The average molecular weight is 158 g/mol. The van der Waals surface area contributed by atoms with Gasteiger partial charge in [-0.05, 0) is 12.8 Å². The van der Waals surface area contributed by atoms with Crippen molar-refractivity contribution >= 4 is 5.97 Å². The molecule has 0 aromatic heterocycles. The van der Waals surface area contributed by atoms with E-state index in [0.717, 1.165) is 25.9 Å². The third kappa shape index (κ3) is 1.91. The molecule has 1 aliphatic rings. The topological polar surface area (TPSA) is 52.6 Å². The van der Waals surface area contributed by atoms with E-state index in [1.165, 1.54) is 0 Å². The summed E-state index contributed by atoms with van der Waals surface area (Å²) in [6.07, 6.45) is 1.74. The van der Waals surface area contributed by atoms with Crippen LogP contribution >= 0.6 is 0 Å². The molecule has 11 heavy (non-hydrogen) atoms. The first-order valence-corrected chi connectivity index (χ1v) is 3.98. The van der Waals surface area contributed by atoms with Crippen LogP contribution in [-0.4, -0.2) is 35.2 Å². The maximum Gasteiger partial charge on any atom is 0.322 e.